The highest BCUT2D eigenvalue weighted by molar-refractivity contribution is 5.95. The van der Waals surface area contributed by atoms with Crippen LogP contribution >= 0.6 is 0 Å². The molecule has 6 N–H and O–H groups in total. The van der Waals surface area contributed by atoms with E-state index in [-0.39, 0.29) is 28.8 Å². The smallest absolute Gasteiger partial charge is 0.257 e. The maximum absolute atomic E-state index is 13.5. The van der Waals surface area contributed by atoms with Gasteiger partial charge in [-0.3, -0.25) is 9.59 Å². The third-order valence-corrected chi connectivity index (χ3v) is 6.19. The topological polar surface area (TPSA) is 117 Å². The number of aromatic nitrogens is 1. The van der Waals surface area contributed by atoms with Crippen molar-refractivity contribution in [1.29, 1.82) is 0 Å². The van der Waals surface area contributed by atoms with Crippen molar-refractivity contribution in [3.63, 3.8) is 0 Å². The van der Waals surface area contributed by atoms with Gasteiger partial charge in [0.25, 0.3) is 11.5 Å². The first-order valence-electron chi connectivity index (χ1n) is 10.1. The molecule has 3 aromatic rings. The van der Waals surface area contributed by atoms with Crippen LogP contribution in [0.3, 0.4) is 0 Å². The largest absolute Gasteiger partial charge is 0.397 e. The fourth-order valence-electron chi connectivity index (χ4n) is 4.26. The summed E-state index contributed by atoms with van der Waals surface area (Å²) in [5.41, 5.74) is 14.0. The van der Waals surface area contributed by atoms with Crippen molar-refractivity contribution < 1.29 is 9.18 Å². The number of hydrogen-bond donors (Lipinski definition) is 4. The molecule has 158 valence electrons. The van der Waals surface area contributed by atoms with Gasteiger partial charge in [0.05, 0.1) is 11.3 Å². The average Bonchev–Trinajstić information content (AvgIpc) is 3.16. The molecule has 2 fully saturated rings. The van der Waals surface area contributed by atoms with Crippen molar-refractivity contribution in [2.45, 2.75) is 6.04 Å². The van der Waals surface area contributed by atoms with E-state index >= 15 is 0 Å². The van der Waals surface area contributed by atoms with E-state index in [1.807, 2.05) is 4.90 Å². The van der Waals surface area contributed by atoms with E-state index in [0.717, 1.165) is 13.1 Å². The first-order valence-corrected chi connectivity index (χ1v) is 10.1. The summed E-state index contributed by atoms with van der Waals surface area (Å²) in [6.45, 7) is 1.46. The number of carbonyl (C=O) groups excluding carboxylic acids is 1. The van der Waals surface area contributed by atoms with Crippen LogP contribution in [0.25, 0.3) is 16.6 Å². The van der Waals surface area contributed by atoms with Gasteiger partial charge in [-0.15, -0.1) is 0 Å². The highest BCUT2D eigenvalue weighted by Gasteiger charge is 2.54. The number of amides is 1. The van der Waals surface area contributed by atoms with Crippen LogP contribution in [0.1, 0.15) is 15.9 Å². The number of halogens is 1. The molecule has 7 nitrogen and oxygen atoms in total. The standard InChI is InChI=1S/C23H22FN5O2/c24-14-3-6-20-13(7-14)8-16(22(30)28-20)19(25)9-27-15-4-1-12(2-5-15)23(31)29-10-17-18(11-29)21(17)26/h1-9,17-18,21,27H,10-11,25-26H2,(H,28,30)/b19-9-/t17-,18+,21?. The van der Waals surface area contributed by atoms with Crippen LogP contribution in [0.5, 0.6) is 0 Å². The van der Waals surface area contributed by atoms with E-state index in [9.17, 15) is 14.0 Å². The number of rotatable bonds is 4. The number of anilines is 1. The van der Waals surface area contributed by atoms with E-state index in [2.05, 4.69) is 10.3 Å². The second-order valence-corrected chi connectivity index (χ2v) is 8.18. The number of nitrogens with two attached hydrogens (primary N) is 2. The van der Waals surface area contributed by atoms with Gasteiger partial charge in [0.2, 0.25) is 0 Å². The van der Waals surface area contributed by atoms with Gasteiger partial charge in [-0.2, -0.15) is 0 Å². The molecule has 1 aliphatic heterocycles. The first-order chi connectivity index (χ1) is 14.9. The molecular weight excluding hydrogens is 397 g/mol. The molecule has 3 atom stereocenters. The lowest BCUT2D eigenvalue weighted by molar-refractivity contribution is 0.0773. The van der Waals surface area contributed by atoms with Gasteiger partial charge in [0.1, 0.15) is 5.82 Å². The van der Waals surface area contributed by atoms with E-state index < -0.39 is 5.82 Å². The molecular formula is C23H22FN5O2. The van der Waals surface area contributed by atoms with Gasteiger partial charge in [0.15, 0.2) is 0 Å². The van der Waals surface area contributed by atoms with Gasteiger partial charge < -0.3 is 26.7 Å². The Morgan fingerprint density at radius 3 is 2.55 bits per heavy atom. The van der Waals surface area contributed by atoms with Gasteiger partial charge in [-0.1, -0.05) is 0 Å². The average molecular weight is 419 g/mol. The Labute approximate surface area is 177 Å². The van der Waals surface area contributed by atoms with Crippen molar-refractivity contribution >= 4 is 28.2 Å². The summed E-state index contributed by atoms with van der Waals surface area (Å²) in [5.74, 6) is 0.519. The van der Waals surface area contributed by atoms with Crippen LogP contribution in [0.15, 0.2) is 59.5 Å². The predicted octanol–water partition coefficient (Wildman–Crippen LogP) is 2.07. The molecule has 0 radical (unpaired) electrons. The fourth-order valence-corrected chi connectivity index (χ4v) is 4.26. The van der Waals surface area contributed by atoms with Crippen LogP contribution in [-0.2, 0) is 0 Å². The van der Waals surface area contributed by atoms with Crippen LogP contribution in [0.2, 0.25) is 0 Å². The van der Waals surface area contributed by atoms with Gasteiger partial charge in [0, 0.05) is 47.5 Å². The Morgan fingerprint density at radius 2 is 1.84 bits per heavy atom. The number of carbonyl (C=O) groups is 1. The minimum Gasteiger partial charge on any atom is -0.397 e. The minimum atomic E-state index is -0.394. The Bertz CT molecular complexity index is 1260. The summed E-state index contributed by atoms with van der Waals surface area (Å²) in [4.78, 5) is 29.5. The summed E-state index contributed by atoms with van der Waals surface area (Å²) in [7, 11) is 0. The highest BCUT2D eigenvalue weighted by atomic mass is 19.1. The summed E-state index contributed by atoms with van der Waals surface area (Å²) >= 11 is 0. The molecule has 1 aromatic heterocycles. The molecule has 1 saturated carbocycles. The van der Waals surface area contributed by atoms with E-state index in [1.165, 1.54) is 24.4 Å². The molecule has 31 heavy (non-hydrogen) atoms. The number of pyridine rings is 1. The quantitative estimate of drug-likeness (QED) is 0.516. The molecule has 0 bridgehead atoms. The Kier molecular flexibility index (Phi) is 4.51. The van der Waals surface area contributed by atoms with Crippen LogP contribution in [0.4, 0.5) is 10.1 Å². The number of H-pyrrole nitrogens is 1. The number of nitrogens with zero attached hydrogens (tertiary/aromatic N) is 1. The highest BCUT2D eigenvalue weighted by Crippen LogP contribution is 2.44. The molecule has 2 heterocycles. The molecule has 0 spiro atoms. The summed E-state index contributed by atoms with van der Waals surface area (Å²) in [6.07, 6.45) is 1.50. The zero-order valence-corrected chi connectivity index (χ0v) is 16.6. The molecule has 2 aliphatic rings. The van der Waals surface area contributed by atoms with Crippen molar-refractivity contribution in [2.75, 3.05) is 18.4 Å². The van der Waals surface area contributed by atoms with E-state index in [4.69, 9.17) is 11.5 Å². The molecule has 1 saturated heterocycles. The predicted molar refractivity (Wildman–Crippen MR) is 118 cm³/mol. The van der Waals surface area contributed by atoms with Crippen molar-refractivity contribution in [3.05, 3.63) is 82.0 Å². The number of piperidine rings is 1. The number of benzene rings is 2. The minimum absolute atomic E-state index is 0.0101. The molecule has 2 aromatic carbocycles. The maximum atomic E-state index is 13.5. The zero-order chi connectivity index (χ0) is 21.7. The van der Waals surface area contributed by atoms with Crippen LogP contribution < -0.4 is 22.3 Å². The number of likely N-dealkylation sites (tertiary alicyclic amines) is 1. The SMILES string of the molecule is N/C(=C\Nc1ccc(C(=O)N2C[C@@H]3C(N)[C@@H]3C2)cc1)c1cc2cc(F)ccc2[nH]c1=O. The monoisotopic (exact) mass is 419 g/mol. The summed E-state index contributed by atoms with van der Waals surface area (Å²) in [5, 5.41) is 3.58. The summed E-state index contributed by atoms with van der Waals surface area (Å²) < 4.78 is 13.5. The van der Waals surface area contributed by atoms with Crippen molar-refractivity contribution in [3.8, 4) is 0 Å². The maximum Gasteiger partial charge on any atom is 0.257 e. The Balaban J connectivity index is 1.29. The van der Waals surface area contributed by atoms with Crippen molar-refractivity contribution in [2.24, 2.45) is 23.3 Å². The van der Waals surface area contributed by atoms with Crippen LogP contribution in [-0.4, -0.2) is 34.9 Å². The van der Waals surface area contributed by atoms with Gasteiger partial charge >= 0.3 is 0 Å². The molecule has 5 rings (SSSR count). The van der Waals surface area contributed by atoms with E-state index in [0.29, 0.717) is 34.0 Å². The third-order valence-electron chi connectivity index (χ3n) is 6.19. The number of fused-ring (bicyclic) bond motifs is 2. The lowest BCUT2D eigenvalue weighted by Crippen LogP contribution is -2.33. The second kappa shape index (κ2) is 7.24. The Morgan fingerprint density at radius 1 is 1.13 bits per heavy atom. The lowest BCUT2D eigenvalue weighted by Gasteiger charge is -2.19. The zero-order valence-electron chi connectivity index (χ0n) is 16.6. The second-order valence-electron chi connectivity index (χ2n) is 8.18. The number of aromatic amines is 1. The van der Waals surface area contributed by atoms with Gasteiger partial charge in [-0.05, 0) is 60.4 Å². The first kappa shape index (κ1) is 19.3. The molecule has 8 heteroatoms. The Hall–Kier alpha value is -3.65. The molecule has 1 unspecified atom stereocenters. The van der Waals surface area contributed by atoms with Crippen molar-refractivity contribution in [1.82, 2.24) is 9.88 Å². The lowest BCUT2D eigenvalue weighted by atomic mass is 10.1. The molecule has 1 amide bonds. The third kappa shape index (κ3) is 3.55. The number of nitrogens with one attached hydrogen (secondary N) is 2. The number of hydrogen-bond acceptors (Lipinski definition) is 5. The molecule has 1 aliphatic carbocycles. The van der Waals surface area contributed by atoms with E-state index in [1.54, 1.807) is 30.3 Å². The van der Waals surface area contributed by atoms with Crippen LogP contribution in [0, 0.1) is 17.7 Å². The van der Waals surface area contributed by atoms with Gasteiger partial charge in [-0.25, -0.2) is 4.39 Å². The summed E-state index contributed by atoms with van der Waals surface area (Å²) in [6, 6.07) is 13.0. The fraction of sp³-hybridized carbons (Fsp3) is 0.217. The normalized spacial score (nSPS) is 22.5.